The third-order valence-electron chi connectivity index (χ3n) is 5.40. The van der Waals surface area contributed by atoms with Crippen molar-refractivity contribution in [1.82, 2.24) is 9.97 Å². The van der Waals surface area contributed by atoms with Crippen LogP contribution in [0.25, 0.3) is 0 Å². The van der Waals surface area contributed by atoms with Crippen LogP contribution in [0.1, 0.15) is 32.1 Å². The summed E-state index contributed by atoms with van der Waals surface area (Å²) in [5.74, 6) is 3.77. The minimum absolute atomic E-state index is 0.135. The van der Waals surface area contributed by atoms with Crippen LogP contribution in [0, 0.1) is 29.6 Å². The van der Waals surface area contributed by atoms with Gasteiger partial charge >= 0.3 is 0 Å². The van der Waals surface area contributed by atoms with E-state index in [1.807, 2.05) is 0 Å². The molecule has 1 amide bonds. The second-order valence-electron chi connectivity index (χ2n) is 6.67. The van der Waals surface area contributed by atoms with Gasteiger partial charge in [-0.3, -0.25) is 4.79 Å². The second kappa shape index (κ2) is 4.69. The smallest absolute Gasteiger partial charge is 0.229 e. The Morgan fingerprint density at radius 2 is 1.70 bits per heavy atom. The van der Waals surface area contributed by atoms with Crippen molar-refractivity contribution in [2.24, 2.45) is 29.6 Å². The molecule has 106 valence electrons. The summed E-state index contributed by atoms with van der Waals surface area (Å²) in [6.45, 7) is 0. The van der Waals surface area contributed by atoms with Crippen LogP contribution >= 0.6 is 11.6 Å². The third kappa shape index (κ3) is 2.10. The van der Waals surface area contributed by atoms with Crippen LogP contribution in [0.15, 0.2) is 12.4 Å². The normalized spacial score (nSPS) is 38.0. The highest BCUT2D eigenvalue weighted by atomic mass is 35.5. The first-order valence-electron chi connectivity index (χ1n) is 7.47. The van der Waals surface area contributed by atoms with E-state index in [9.17, 15) is 4.79 Å². The van der Waals surface area contributed by atoms with E-state index >= 15 is 0 Å². The van der Waals surface area contributed by atoms with Gasteiger partial charge in [-0.2, -0.15) is 0 Å². The molecule has 0 spiro atoms. The number of hydrogen-bond acceptors (Lipinski definition) is 3. The van der Waals surface area contributed by atoms with Crippen molar-refractivity contribution in [3.05, 3.63) is 17.5 Å². The van der Waals surface area contributed by atoms with Gasteiger partial charge in [0.15, 0.2) is 5.82 Å². The molecule has 1 aromatic heterocycles. The summed E-state index contributed by atoms with van der Waals surface area (Å²) in [6, 6.07) is 0. The number of amides is 1. The van der Waals surface area contributed by atoms with Gasteiger partial charge in [0.1, 0.15) is 5.15 Å². The number of aromatic nitrogens is 2. The Bertz CT molecular complexity index is 502. The number of hydrogen-bond donors (Lipinski definition) is 1. The maximum Gasteiger partial charge on any atom is 0.229 e. The lowest BCUT2D eigenvalue weighted by atomic mass is 9.51. The van der Waals surface area contributed by atoms with Crippen LogP contribution in [-0.4, -0.2) is 15.9 Å². The van der Waals surface area contributed by atoms with Gasteiger partial charge in [0.25, 0.3) is 0 Å². The zero-order chi connectivity index (χ0) is 13.7. The van der Waals surface area contributed by atoms with E-state index in [4.69, 9.17) is 11.6 Å². The van der Waals surface area contributed by atoms with Gasteiger partial charge in [0.2, 0.25) is 5.91 Å². The topological polar surface area (TPSA) is 54.9 Å². The number of nitrogens with one attached hydrogen (secondary N) is 1. The lowest BCUT2D eigenvalue weighted by Gasteiger charge is -2.53. The molecule has 1 heterocycles. The number of rotatable bonds is 2. The standard InChI is InChI=1S/C15H18ClN3O/c16-12-6-18-13(7-17-12)19-15(20)14-10-2-8-1-9(4-10)5-11(14)3-8/h6-11,14H,1-5H2,(H,18,19,20). The average Bonchev–Trinajstić information content (AvgIpc) is 2.40. The van der Waals surface area contributed by atoms with Gasteiger partial charge in [-0.05, 0) is 55.8 Å². The van der Waals surface area contributed by atoms with Crippen LogP contribution in [0.4, 0.5) is 5.82 Å². The van der Waals surface area contributed by atoms with E-state index in [0.29, 0.717) is 22.8 Å². The summed E-state index contributed by atoms with van der Waals surface area (Å²) >= 11 is 5.71. The lowest BCUT2D eigenvalue weighted by molar-refractivity contribution is -0.132. The summed E-state index contributed by atoms with van der Waals surface area (Å²) < 4.78 is 0. The van der Waals surface area contributed by atoms with Crippen LogP contribution in [-0.2, 0) is 4.79 Å². The minimum atomic E-state index is 0.135. The maximum atomic E-state index is 12.6. The van der Waals surface area contributed by atoms with E-state index in [1.54, 1.807) is 0 Å². The van der Waals surface area contributed by atoms with Crippen molar-refractivity contribution in [2.75, 3.05) is 5.32 Å². The Morgan fingerprint density at radius 1 is 1.05 bits per heavy atom. The predicted molar refractivity (Wildman–Crippen MR) is 76.2 cm³/mol. The molecule has 5 heteroatoms. The molecule has 0 saturated heterocycles. The van der Waals surface area contributed by atoms with E-state index in [1.165, 1.54) is 44.5 Å². The van der Waals surface area contributed by atoms with Crippen LogP contribution in [0.2, 0.25) is 5.15 Å². The SMILES string of the molecule is O=C(Nc1cnc(Cl)cn1)C1C2CC3CC(C2)CC1C3. The molecule has 4 fully saturated rings. The quantitative estimate of drug-likeness (QED) is 0.911. The fourth-order valence-corrected chi connectivity index (χ4v) is 5.04. The average molecular weight is 292 g/mol. The highest BCUT2D eigenvalue weighted by molar-refractivity contribution is 6.29. The summed E-state index contributed by atoms with van der Waals surface area (Å²) in [6.07, 6.45) is 9.39. The molecule has 0 aromatic carbocycles. The first kappa shape index (κ1) is 12.6. The van der Waals surface area contributed by atoms with Crippen molar-refractivity contribution in [3.8, 4) is 0 Å². The number of anilines is 1. The molecular weight excluding hydrogens is 274 g/mol. The Balaban J connectivity index is 1.50. The summed E-state index contributed by atoms with van der Waals surface area (Å²) in [5, 5.41) is 3.27. The Morgan fingerprint density at radius 3 is 2.25 bits per heavy atom. The van der Waals surface area contributed by atoms with Crippen LogP contribution in [0.5, 0.6) is 0 Å². The molecule has 4 aliphatic carbocycles. The van der Waals surface area contributed by atoms with E-state index in [-0.39, 0.29) is 11.8 Å². The zero-order valence-electron chi connectivity index (χ0n) is 11.3. The van der Waals surface area contributed by atoms with Gasteiger partial charge < -0.3 is 5.32 Å². The molecule has 20 heavy (non-hydrogen) atoms. The van der Waals surface area contributed by atoms with Gasteiger partial charge in [-0.1, -0.05) is 11.6 Å². The Labute approximate surface area is 123 Å². The van der Waals surface area contributed by atoms with Crippen molar-refractivity contribution >= 4 is 23.3 Å². The van der Waals surface area contributed by atoms with Gasteiger partial charge in [0, 0.05) is 5.92 Å². The summed E-state index contributed by atoms with van der Waals surface area (Å²) in [7, 11) is 0. The molecule has 4 aliphatic rings. The van der Waals surface area contributed by atoms with Crippen molar-refractivity contribution < 1.29 is 4.79 Å². The van der Waals surface area contributed by atoms with E-state index < -0.39 is 0 Å². The first-order chi connectivity index (χ1) is 9.69. The molecule has 4 saturated carbocycles. The molecule has 1 aromatic rings. The third-order valence-corrected chi connectivity index (χ3v) is 5.60. The molecule has 0 atom stereocenters. The second-order valence-corrected chi connectivity index (χ2v) is 7.06. The van der Waals surface area contributed by atoms with Crippen molar-refractivity contribution in [3.63, 3.8) is 0 Å². The van der Waals surface area contributed by atoms with E-state index in [0.717, 1.165) is 11.8 Å². The monoisotopic (exact) mass is 291 g/mol. The summed E-state index contributed by atoms with van der Waals surface area (Å²) in [5.41, 5.74) is 0. The predicted octanol–water partition coefficient (Wildman–Crippen LogP) is 3.14. The maximum absolute atomic E-state index is 12.6. The van der Waals surface area contributed by atoms with E-state index in [2.05, 4.69) is 15.3 Å². The van der Waals surface area contributed by atoms with Crippen LogP contribution < -0.4 is 5.32 Å². The van der Waals surface area contributed by atoms with Crippen molar-refractivity contribution in [1.29, 1.82) is 0 Å². The Kier molecular flexibility index (Phi) is 2.95. The van der Waals surface area contributed by atoms with Gasteiger partial charge in [-0.25, -0.2) is 9.97 Å². The highest BCUT2D eigenvalue weighted by Crippen LogP contribution is 2.56. The Hall–Kier alpha value is -1.16. The fourth-order valence-electron chi connectivity index (χ4n) is 4.94. The zero-order valence-corrected chi connectivity index (χ0v) is 12.0. The molecule has 0 radical (unpaired) electrons. The molecule has 1 N–H and O–H groups in total. The number of nitrogens with zero attached hydrogens (tertiary/aromatic N) is 2. The first-order valence-corrected chi connectivity index (χ1v) is 7.85. The molecule has 4 bridgehead atoms. The fraction of sp³-hybridized carbons (Fsp3) is 0.667. The highest BCUT2D eigenvalue weighted by Gasteiger charge is 2.50. The minimum Gasteiger partial charge on any atom is -0.309 e. The number of carbonyl (C=O) groups excluding carboxylic acids is 1. The number of halogens is 1. The van der Waals surface area contributed by atoms with Gasteiger partial charge in [-0.15, -0.1) is 0 Å². The molecule has 4 nitrogen and oxygen atoms in total. The van der Waals surface area contributed by atoms with Crippen molar-refractivity contribution in [2.45, 2.75) is 32.1 Å². The summed E-state index contributed by atoms with van der Waals surface area (Å²) in [4.78, 5) is 20.6. The lowest BCUT2D eigenvalue weighted by Crippen LogP contribution is -2.49. The van der Waals surface area contributed by atoms with Crippen LogP contribution in [0.3, 0.4) is 0 Å². The van der Waals surface area contributed by atoms with Gasteiger partial charge in [0.05, 0.1) is 12.4 Å². The number of carbonyl (C=O) groups is 1. The molecular formula is C15H18ClN3O. The molecule has 5 rings (SSSR count). The largest absolute Gasteiger partial charge is 0.309 e. The molecule has 0 unspecified atom stereocenters. The molecule has 0 aliphatic heterocycles.